The van der Waals surface area contributed by atoms with Gasteiger partial charge in [-0.05, 0) is 62.3 Å². The van der Waals surface area contributed by atoms with Crippen LogP contribution in [0.2, 0.25) is 0 Å². The normalized spacial score (nSPS) is 21.6. The largest absolute Gasteiger partial charge is 0.480 e. The van der Waals surface area contributed by atoms with E-state index in [0.717, 1.165) is 38.0 Å². The van der Waals surface area contributed by atoms with Crippen molar-refractivity contribution >= 4 is 17.6 Å². The molecular formula is C21H31N3O3. The highest BCUT2D eigenvalue weighted by atomic mass is 16.4. The lowest BCUT2D eigenvalue weighted by Gasteiger charge is -2.42. The molecule has 2 fully saturated rings. The fourth-order valence-electron chi connectivity index (χ4n) is 3.75. The van der Waals surface area contributed by atoms with Gasteiger partial charge in [0.2, 0.25) is 0 Å². The molecule has 6 nitrogen and oxygen atoms in total. The smallest absolute Gasteiger partial charge is 0.317 e. The van der Waals surface area contributed by atoms with Crippen molar-refractivity contribution in [3.05, 3.63) is 29.8 Å². The monoisotopic (exact) mass is 373 g/mol. The third-order valence-electron chi connectivity index (χ3n) is 5.62. The summed E-state index contributed by atoms with van der Waals surface area (Å²) in [4.78, 5) is 27.8. The summed E-state index contributed by atoms with van der Waals surface area (Å²) in [6.45, 7) is 4.12. The maximum Gasteiger partial charge on any atom is 0.317 e. The van der Waals surface area contributed by atoms with Gasteiger partial charge in [0.1, 0.15) is 0 Å². The van der Waals surface area contributed by atoms with Crippen molar-refractivity contribution in [3.8, 4) is 0 Å². The molecule has 0 spiro atoms. The van der Waals surface area contributed by atoms with Crippen molar-refractivity contribution in [2.24, 2.45) is 5.92 Å². The fourth-order valence-corrected chi connectivity index (χ4v) is 3.75. The summed E-state index contributed by atoms with van der Waals surface area (Å²) < 4.78 is 0. The number of carbonyl (C=O) groups excluding carboxylic acids is 1. The van der Waals surface area contributed by atoms with Gasteiger partial charge in [-0.25, -0.2) is 0 Å². The highest BCUT2D eigenvalue weighted by Crippen LogP contribution is 2.33. The Bertz CT molecular complexity index is 651. The van der Waals surface area contributed by atoms with Gasteiger partial charge in [-0.15, -0.1) is 0 Å². The van der Waals surface area contributed by atoms with Gasteiger partial charge in [0.15, 0.2) is 0 Å². The van der Waals surface area contributed by atoms with Crippen LogP contribution in [0.15, 0.2) is 24.3 Å². The van der Waals surface area contributed by atoms with Crippen molar-refractivity contribution in [2.45, 2.75) is 51.1 Å². The van der Waals surface area contributed by atoms with Gasteiger partial charge in [0, 0.05) is 43.5 Å². The Hall–Kier alpha value is -2.08. The average molecular weight is 373 g/mol. The lowest BCUT2D eigenvalue weighted by molar-refractivity contribution is -0.139. The van der Waals surface area contributed by atoms with Crippen LogP contribution in [0.25, 0.3) is 0 Å². The second-order valence-electron chi connectivity index (χ2n) is 8.03. The van der Waals surface area contributed by atoms with Crippen LogP contribution in [-0.2, 0) is 4.79 Å². The molecule has 0 unspecified atom stereocenters. The Balaban J connectivity index is 1.47. The summed E-state index contributed by atoms with van der Waals surface area (Å²) in [5.74, 6) is -0.145. The van der Waals surface area contributed by atoms with Crippen LogP contribution in [0.5, 0.6) is 0 Å². The number of anilines is 1. The second kappa shape index (κ2) is 8.74. The average Bonchev–Trinajstić information content (AvgIpc) is 3.41. The molecule has 0 heterocycles. The molecule has 1 aromatic carbocycles. The zero-order valence-corrected chi connectivity index (χ0v) is 16.4. The van der Waals surface area contributed by atoms with E-state index in [1.54, 1.807) is 0 Å². The minimum atomic E-state index is -0.767. The number of aliphatic carboxylic acids is 1. The zero-order chi connectivity index (χ0) is 19.4. The highest BCUT2D eigenvalue weighted by molar-refractivity contribution is 5.94. The molecule has 2 N–H and O–H groups in total. The minimum absolute atomic E-state index is 0.0462. The molecule has 6 heteroatoms. The number of hydrogen-bond donors (Lipinski definition) is 2. The predicted octanol–water partition coefficient (Wildman–Crippen LogP) is 2.59. The summed E-state index contributed by atoms with van der Waals surface area (Å²) in [6, 6.07) is 8.13. The van der Waals surface area contributed by atoms with Crippen LogP contribution in [0, 0.1) is 5.92 Å². The molecule has 2 aliphatic carbocycles. The lowest BCUT2D eigenvalue weighted by atomic mass is 9.85. The molecule has 2 saturated carbocycles. The first-order chi connectivity index (χ1) is 13.0. The van der Waals surface area contributed by atoms with E-state index in [4.69, 9.17) is 5.11 Å². The summed E-state index contributed by atoms with van der Waals surface area (Å²) in [5, 5.41) is 12.2. The molecule has 0 radical (unpaired) electrons. The van der Waals surface area contributed by atoms with E-state index in [1.165, 1.54) is 12.8 Å². The van der Waals surface area contributed by atoms with Crippen molar-refractivity contribution < 1.29 is 14.7 Å². The van der Waals surface area contributed by atoms with Crippen LogP contribution in [0.1, 0.15) is 49.4 Å². The van der Waals surface area contributed by atoms with Crippen LogP contribution in [0.3, 0.4) is 0 Å². The quantitative estimate of drug-likeness (QED) is 0.660. The number of carboxylic acid groups (broad SMARTS) is 1. The summed E-state index contributed by atoms with van der Waals surface area (Å²) in [6.07, 6.45) is 5.19. The highest BCUT2D eigenvalue weighted by Gasteiger charge is 2.37. The number of amides is 1. The minimum Gasteiger partial charge on any atom is -0.480 e. The number of rotatable bonds is 10. The number of nitrogens with one attached hydrogen (secondary N) is 1. The van der Waals surface area contributed by atoms with E-state index in [-0.39, 0.29) is 24.5 Å². The molecule has 0 saturated heterocycles. The summed E-state index contributed by atoms with van der Waals surface area (Å²) in [5.41, 5.74) is 1.79. The van der Waals surface area contributed by atoms with E-state index in [9.17, 15) is 9.59 Å². The Kier molecular flexibility index (Phi) is 6.37. The Morgan fingerprint density at radius 2 is 1.85 bits per heavy atom. The van der Waals surface area contributed by atoms with Crippen molar-refractivity contribution in [2.75, 3.05) is 31.6 Å². The van der Waals surface area contributed by atoms with Crippen molar-refractivity contribution in [3.63, 3.8) is 0 Å². The van der Waals surface area contributed by atoms with Crippen molar-refractivity contribution in [1.82, 2.24) is 10.2 Å². The summed E-state index contributed by atoms with van der Waals surface area (Å²) in [7, 11) is 2.05. The molecule has 27 heavy (non-hydrogen) atoms. The Morgan fingerprint density at radius 3 is 2.41 bits per heavy atom. The Labute approximate surface area is 161 Å². The van der Waals surface area contributed by atoms with Gasteiger partial charge in [-0.2, -0.15) is 0 Å². The molecule has 0 aromatic heterocycles. The van der Waals surface area contributed by atoms with Gasteiger partial charge in [-0.3, -0.25) is 14.5 Å². The van der Waals surface area contributed by atoms with Gasteiger partial charge in [0.05, 0.1) is 6.54 Å². The second-order valence-corrected chi connectivity index (χ2v) is 8.03. The molecule has 0 atom stereocenters. The third kappa shape index (κ3) is 5.45. The Morgan fingerprint density at radius 1 is 1.19 bits per heavy atom. The van der Waals surface area contributed by atoms with E-state index in [0.29, 0.717) is 11.5 Å². The maximum atomic E-state index is 12.5. The van der Waals surface area contributed by atoms with Crippen molar-refractivity contribution in [1.29, 1.82) is 0 Å². The molecule has 0 bridgehead atoms. The molecule has 148 valence electrons. The summed E-state index contributed by atoms with van der Waals surface area (Å²) >= 11 is 0. The van der Waals surface area contributed by atoms with Crippen LogP contribution >= 0.6 is 0 Å². The SMILES string of the molecule is CCCN(C)c1ccc(C(=O)NC2CC(N(CC(=O)O)CC3CC3)C2)cc1. The number of benzene rings is 1. The first kappa shape index (κ1) is 19.7. The molecular weight excluding hydrogens is 342 g/mol. The number of nitrogens with zero attached hydrogens (tertiary/aromatic N) is 2. The topological polar surface area (TPSA) is 72.9 Å². The molecule has 1 amide bonds. The zero-order valence-electron chi connectivity index (χ0n) is 16.4. The third-order valence-corrected chi connectivity index (χ3v) is 5.62. The van der Waals surface area contributed by atoms with Gasteiger partial charge in [0.25, 0.3) is 5.91 Å². The standard InChI is InChI=1S/C21H31N3O3/c1-3-10-23(2)18-8-6-16(7-9-18)21(27)22-17-11-19(12-17)24(14-20(25)26)13-15-4-5-15/h6-9,15,17,19H,3-5,10-14H2,1-2H3,(H,22,27)(H,25,26). The first-order valence-corrected chi connectivity index (χ1v) is 10.0. The first-order valence-electron chi connectivity index (χ1n) is 10.0. The predicted molar refractivity (Wildman–Crippen MR) is 106 cm³/mol. The molecule has 3 rings (SSSR count). The van der Waals surface area contributed by atoms with E-state index in [2.05, 4.69) is 29.1 Å². The molecule has 2 aliphatic rings. The fraction of sp³-hybridized carbons (Fsp3) is 0.619. The van der Waals surface area contributed by atoms with Gasteiger partial charge >= 0.3 is 5.97 Å². The van der Waals surface area contributed by atoms with Gasteiger partial charge < -0.3 is 15.3 Å². The van der Waals surface area contributed by atoms with Crippen LogP contribution in [0.4, 0.5) is 5.69 Å². The lowest BCUT2D eigenvalue weighted by Crippen LogP contribution is -2.55. The molecule has 0 aliphatic heterocycles. The van der Waals surface area contributed by atoms with Crippen LogP contribution in [-0.4, -0.2) is 60.6 Å². The van der Waals surface area contributed by atoms with E-state index >= 15 is 0 Å². The number of carboxylic acids is 1. The van der Waals surface area contributed by atoms with E-state index in [1.807, 2.05) is 24.3 Å². The van der Waals surface area contributed by atoms with Crippen LogP contribution < -0.4 is 10.2 Å². The molecule has 1 aromatic rings. The number of carbonyl (C=O) groups is 2. The van der Waals surface area contributed by atoms with E-state index < -0.39 is 5.97 Å². The van der Waals surface area contributed by atoms with Gasteiger partial charge in [-0.1, -0.05) is 6.92 Å². The maximum absolute atomic E-state index is 12.5. The number of hydrogen-bond acceptors (Lipinski definition) is 4.